The molecule has 4 nitrogen and oxygen atoms in total. The van der Waals surface area contributed by atoms with Crippen LogP contribution in [0, 0.1) is 6.92 Å². The fraction of sp³-hybridized carbons (Fsp3) is 0.538. The van der Waals surface area contributed by atoms with Crippen LogP contribution in [0.25, 0.3) is 0 Å². The second kappa shape index (κ2) is 4.90. The molecule has 1 unspecified atom stereocenters. The number of benzene rings is 1. The summed E-state index contributed by atoms with van der Waals surface area (Å²) in [6.45, 7) is 4.45. The van der Waals surface area contributed by atoms with E-state index in [2.05, 4.69) is 0 Å². The highest BCUT2D eigenvalue weighted by Crippen LogP contribution is 2.26. The highest BCUT2D eigenvalue weighted by Gasteiger charge is 2.30. The molecule has 1 aliphatic rings. The molecular weight excluding hydrogens is 248 g/mol. The maximum Gasteiger partial charge on any atom is 0.243 e. The van der Waals surface area contributed by atoms with Gasteiger partial charge in [-0.2, -0.15) is 4.31 Å². The van der Waals surface area contributed by atoms with E-state index in [1.165, 1.54) is 0 Å². The molecule has 1 fully saturated rings. The van der Waals surface area contributed by atoms with E-state index < -0.39 is 10.0 Å². The first-order chi connectivity index (χ1) is 8.43. The summed E-state index contributed by atoms with van der Waals surface area (Å²) < 4.78 is 26.7. The monoisotopic (exact) mass is 268 g/mol. The van der Waals surface area contributed by atoms with E-state index in [1.807, 2.05) is 13.8 Å². The van der Waals surface area contributed by atoms with Gasteiger partial charge in [-0.3, -0.25) is 0 Å². The summed E-state index contributed by atoms with van der Waals surface area (Å²) in [5.74, 6) is 0. The van der Waals surface area contributed by atoms with E-state index in [0.29, 0.717) is 17.1 Å². The molecule has 2 rings (SSSR count). The Kier molecular flexibility index (Phi) is 3.64. The van der Waals surface area contributed by atoms with Crippen molar-refractivity contribution in [3.8, 4) is 0 Å². The second-order valence-electron chi connectivity index (χ2n) is 4.98. The third kappa shape index (κ3) is 2.37. The number of nitrogens with two attached hydrogens (primary N) is 1. The van der Waals surface area contributed by atoms with Crippen molar-refractivity contribution in [2.45, 2.75) is 44.0 Å². The van der Waals surface area contributed by atoms with Crippen molar-refractivity contribution < 1.29 is 8.42 Å². The minimum atomic E-state index is -3.40. The van der Waals surface area contributed by atoms with E-state index in [1.54, 1.807) is 22.5 Å². The van der Waals surface area contributed by atoms with Gasteiger partial charge in [0, 0.05) is 18.3 Å². The number of anilines is 1. The molecule has 100 valence electrons. The van der Waals surface area contributed by atoms with Gasteiger partial charge in [0.2, 0.25) is 10.0 Å². The zero-order chi connectivity index (χ0) is 13.3. The lowest BCUT2D eigenvalue weighted by molar-refractivity contribution is 0.268. The Labute approximate surface area is 109 Å². The SMILES string of the molecule is Cc1ccc(S(=O)(=O)N2CCCCC2C)cc1N. The Morgan fingerprint density at radius 1 is 1.33 bits per heavy atom. The zero-order valence-corrected chi connectivity index (χ0v) is 11.7. The Bertz CT molecular complexity index is 540. The number of piperidine rings is 1. The quantitative estimate of drug-likeness (QED) is 0.836. The van der Waals surface area contributed by atoms with Crippen molar-refractivity contribution in [2.24, 2.45) is 0 Å². The van der Waals surface area contributed by atoms with Crippen molar-refractivity contribution in [3.05, 3.63) is 23.8 Å². The molecule has 1 aromatic rings. The van der Waals surface area contributed by atoms with E-state index in [9.17, 15) is 8.42 Å². The first kappa shape index (κ1) is 13.4. The van der Waals surface area contributed by atoms with Gasteiger partial charge >= 0.3 is 0 Å². The number of hydrogen-bond acceptors (Lipinski definition) is 3. The molecule has 5 heteroatoms. The van der Waals surface area contributed by atoms with Crippen LogP contribution in [-0.4, -0.2) is 25.3 Å². The largest absolute Gasteiger partial charge is 0.398 e. The maximum atomic E-state index is 12.5. The van der Waals surface area contributed by atoms with Crippen molar-refractivity contribution >= 4 is 15.7 Å². The number of rotatable bonds is 2. The first-order valence-corrected chi connectivity index (χ1v) is 7.75. The summed E-state index contributed by atoms with van der Waals surface area (Å²) in [6.07, 6.45) is 2.97. The molecule has 2 N–H and O–H groups in total. The molecule has 18 heavy (non-hydrogen) atoms. The van der Waals surface area contributed by atoms with Crippen molar-refractivity contribution in [1.29, 1.82) is 0 Å². The molecule has 0 spiro atoms. The minimum absolute atomic E-state index is 0.0753. The molecule has 0 aliphatic carbocycles. The Morgan fingerprint density at radius 3 is 2.67 bits per heavy atom. The van der Waals surface area contributed by atoms with Gasteiger partial charge < -0.3 is 5.73 Å². The predicted molar refractivity (Wildman–Crippen MR) is 72.8 cm³/mol. The Hall–Kier alpha value is -1.07. The van der Waals surface area contributed by atoms with Crippen molar-refractivity contribution in [1.82, 2.24) is 4.31 Å². The molecule has 0 amide bonds. The zero-order valence-electron chi connectivity index (χ0n) is 10.9. The van der Waals surface area contributed by atoms with Crippen LogP contribution in [0.4, 0.5) is 5.69 Å². The minimum Gasteiger partial charge on any atom is -0.398 e. The fourth-order valence-corrected chi connectivity index (χ4v) is 4.08. The number of nitrogens with zero attached hydrogens (tertiary/aromatic N) is 1. The second-order valence-corrected chi connectivity index (χ2v) is 6.87. The van der Waals surface area contributed by atoms with Gasteiger partial charge in [-0.25, -0.2) is 8.42 Å². The lowest BCUT2D eigenvalue weighted by Gasteiger charge is -2.32. The van der Waals surface area contributed by atoms with E-state index in [-0.39, 0.29) is 6.04 Å². The summed E-state index contributed by atoms with van der Waals surface area (Å²) in [5.41, 5.74) is 7.23. The summed E-state index contributed by atoms with van der Waals surface area (Å²) in [6, 6.07) is 5.04. The molecule has 0 saturated carbocycles. The molecular formula is C13H20N2O2S. The van der Waals surface area contributed by atoms with Crippen LogP contribution in [0.3, 0.4) is 0 Å². The molecule has 1 atom stereocenters. The maximum absolute atomic E-state index is 12.5. The molecule has 1 heterocycles. The molecule has 1 aliphatic heterocycles. The molecule has 0 aromatic heterocycles. The number of nitrogen functional groups attached to an aromatic ring is 1. The van der Waals surface area contributed by atoms with Crippen LogP contribution >= 0.6 is 0 Å². The van der Waals surface area contributed by atoms with Gasteiger partial charge in [-0.05, 0) is 44.4 Å². The topological polar surface area (TPSA) is 63.4 Å². The third-order valence-corrected chi connectivity index (χ3v) is 5.61. The highest BCUT2D eigenvalue weighted by atomic mass is 32.2. The fourth-order valence-electron chi connectivity index (χ4n) is 2.34. The number of sulfonamides is 1. The third-order valence-electron chi connectivity index (χ3n) is 3.60. The van der Waals surface area contributed by atoms with Crippen LogP contribution in [0.2, 0.25) is 0 Å². The highest BCUT2D eigenvalue weighted by molar-refractivity contribution is 7.89. The van der Waals surface area contributed by atoms with E-state index in [0.717, 1.165) is 24.8 Å². The van der Waals surface area contributed by atoms with E-state index >= 15 is 0 Å². The standard InChI is InChI=1S/C13H20N2O2S/c1-10-6-7-12(9-13(10)14)18(16,17)15-8-4-3-5-11(15)2/h6-7,9,11H,3-5,8,14H2,1-2H3. The molecule has 0 bridgehead atoms. The van der Waals surface area contributed by atoms with Gasteiger partial charge in [0.05, 0.1) is 4.90 Å². The van der Waals surface area contributed by atoms with Crippen LogP contribution in [-0.2, 0) is 10.0 Å². The van der Waals surface area contributed by atoms with Crippen molar-refractivity contribution in [3.63, 3.8) is 0 Å². The van der Waals surface area contributed by atoms with Crippen molar-refractivity contribution in [2.75, 3.05) is 12.3 Å². The van der Waals surface area contributed by atoms with E-state index in [4.69, 9.17) is 5.73 Å². The lowest BCUT2D eigenvalue weighted by Crippen LogP contribution is -2.41. The van der Waals surface area contributed by atoms with Gasteiger partial charge in [0.25, 0.3) is 0 Å². The molecule has 1 aromatic carbocycles. The number of aryl methyl sites for hydroxylation is 1. The van der Waals surface area contributed by atoms with Gasteiger partial charge in [0.1, 0.15) is 0 Å². The predicted octanol–water partition coefficient (Wildman–Crippen LogP) is 2.14. The van der Waals surface area contributed by atoms with Crippen LogP contribution < -0.4 is 5.73 Å². The van der Waals surface area contributed by atoms with Crippen LogP contribution in [0.1, 0.15) is 31.7 Å². The van der Waals surface area contributed by atoms with Gasteiger partial charge in [0.15, 0.2) is 0 Å². The molecule has 1 saturated heterocycles. The van der Waals surface area contributed by atoms with Gasteiger partial charge in [-0.1, -0.05) is 12.5 Å². The van der Waals surface area contributed by atoms with Gasteiger partial charge in [-0.15, -0.1) is 0 Å². The number of hydrogen-bond donors (Lipinski definition) is 1. The van der Waals surface area contributed by atoms with Crippen LogP contribution in [0.15, 0.2) is 23.1 Å². The normalized spacial score (nSPS) is 22.0. The summed E-state index contributed by atoms with van der Waals surface area (Å²) in [4.78, 5) is 0.305. The lowest BCUT2D eigenvalue weighted by atomic mass is 10.1. The first-order valence-electron chi connectivity index (χ1n) is 6.31. The molecule has 0 radical (unpaired) electrons. The summed E-state index contributed by atoms with van der Waals surface area (Å²) >= 11 is 0. The summed E-state index contributed by atoms with van der Waals surface area (Å²) in [5, 5.41) is 0. The average molecular weight is 268 g/mol. The van der Waals surface area contributed by atoms with Crippen LogP contribution in [0.5, 0.6) is 0 Å². The Morgan fingerprint density at radius 2 is 2.06 bits per heavy atom. The Balaban J connectivity index is 2.37. The summed E-state index contributed by atoms with van der Waals surface area (Å²) in [7, 11) is -3.40. The average Bonchev–Trinajstić information content (AvgIpc) is 2.33. The smallest absolute Gasteiger partial charge is 0.243 e.